The summed E-state index contributed by atoms with van der Waals surface area (Å²) >= 11 is 1.68. The number of rotatable bonds is 2. The molecule has 1 aromatic rings. The number of methoxy groups -OCH3 is 1. The molecule has 1 aliphatic rings. The van der Waals surface area contributed by atoms with Crippen LogP contribution < -0.4 is 0 Å². The van der Waals surface area contributed by atoms with Crippen molar-refractivity contribution in [2.24, 2.45) is 5.92 Å². The largest absolute Gasteiger partial charge is 0.384 e. The Labute approximate surface area is 81.5 Å². The van der Waals surface area contributed by atoms with Crippen LogP contribution in [0.2, 0.25) is 0 Å². The second-order valence-corrected chi connectivity index (χ2v) is 4.41. The molecule has 3 heteroatoms. The van der Waals surface area contributed by atoms with Crippen molar-refractivity contribution < 1.29 is 9.53 Å². The van der Waals surface area contributed by atoms with Crippen molar-refractivity contribution in [3.8, 4) is 0 Å². The van der Waals surface area contributed by atoms with Crippen LogP contribution in [0.15, 0.2) is 11.4 Å². The first kappa shape index (κ1) is 8.91. The Morgan fingerprint density at radius 3 is 3.23 bits per heavy atom. The van der Waals surface area contributed by atoms with Gasteiger partial charge in [-0.2, -0.15) is 0 Å². The van der Waals surface area contributed by atoms with Gasteiger partial charge in [0.15, 0.2) is 5.78 Å². The van der Waals surface area contributed by atoms with Crippen molar-refractivity contribution in [1.82, 2.24) is 0 Å². The smallest absolute Gasteiger partial charge is 0.164 e. The Balaban J connectivity index is 2.19. The van der Waals surface area contributed by atoms with Gasteiger partial charge in [0.2, 0.25) is 0 Å². The summed E-state index contributed by atoms with van der Waals surface area (Å²) in [4.78, 5) is 12.8. The number of hydrogen-bond donors (Lipinski definition) is 0. The van der Waals surface area contributed by atoms with E-state index in [-0.39, 0.29) is 5.78 Å². The quantitative estimate of drug-likeness (QED) is 0.724. The van der Waals surface area contributed by atoms with Crippen LogP contribution in [0.3, 0.4) is 0 Å². The predicted octanol–water partition coefficient (Wildman–Crippen LogP) is 2.14. The highest BCUT2D eigenvalue weighted by Crippen LogP contribution is 2.29. The molecule has 2 nitrogen and oxygen atoms in total. The molecular formula is C10H12O2S. The fourth-order valence-corrected chi connectivity index (χ4v) is 2.82. The number of fused-ring (bicyclic) bond motifs is 1. The van der Waals surface area contributed by atoms with Gasteiger partial charge in [-0.05, 0) is 23.8 Å². The first-order valence-corrected chi connectivity index (χ1v) is 5.27. The highest BCUT2D eigenvalue weighted by Gasteiger charge is 2.25. The Morgan fingerprint density at radius 1 is 1.62 bits per heavy atom. The third-order valence-corrected chi connectivity index (χ3v) is 3.34. The van der Waals surface area contributed by atoms with Gasteiger partial charge in [0.25, 0.3) is 0 Å². The topological polar surface area (TPSA) is 26.3 Å². The Bertz CT molecular complexity index is 316. The fourth-order valence-electron chi connectivity index (χ4n) is 1.81. The zero-order chi connectivity index (χ0) is 9.26. The van der Waals surface area contributed by atoms with Crippen LogP contribution >= 0.6 is 11.3 Å². The van der Waals surface area contributed by atoms with Crippen LogP contribution in [-0.4, -0.2) is 19.5 Å². The lowest BCUT2D eigenvalue weighted by Crippen LogP contribution is -2.21. The molecule has 0 fully saturated rings. The molecule has 0 N–H and O–H groups in total. The molecule has 1 atom stereocenters. The van der Waals surface area contributed by atoms with Crippen LogP contribution in [0.4, 0.5) is 0 Å². The summed E-state index contributed by atoms with van der Waals surface area (Å²) in [5.41, 5.74) is 0.942. The van der Waals surface area contributed by atoms with Crippen molar-refractivity contribution in [2.45, 2.75) is 12.8 Å². The maximum Gasteiger partial charge on any atom is 0.164 e. The van der Waals surface area contributed by atoms with Crippen LogP contribution in [0.25, 0.3) is 0 Å². The number of hydrogen-bond acceptors (Lipinski definition) is 3. The minimum Gasteiger partial charge on any atom is -0.384 e. The lowest BCUT2D eigenvalue weighted by molar-refractivity contribution is 0.0887. The summed E-state index contributed by atoms with van der Waals surface area (Å²) in [6, 6.07) is 1.94. The van der Waals surface area contributed by atoms with Gasteiger partial charge >= 0.3 is 0 Å². The number of thiophene rings is 1. The summed E-state index contributed by atoms with van der Waals surface area (Å²) < 4.78 is 5.07. The average molecular weight is 196 g/mol. The standard InChI is InChI=1S/C10H12O2S/c1-12-6-7-4-9(11)8-2-3-13-10(8)5-7/h2-3,7H,4-6H2,1H3. The Kier molecular flexibility index (Phi) is 2.47. The van der Waals surface area contributed by atoms with Crippen LogP contribution in [-0.2, 0) is 11.2 Å². The maximum absolute atomic E-state index is 11.6. The minimum absolute atomic E-state index is 0.282. The molecular weight excluding hydrogens is 184 g/mol. The molecule has 0 amide bonds. The lowest BCUT2D eigenvalue weighted by atomic mass is 9.89. The molecule has 70 valence electrons. The second kappa shape index (κ2) is 3.60. The third-order valence-electron chi connectivity index (χ3n) is 2.40. The van der Waals surface area contributed by atoms with E-state index < -0.39 is 0 Å². The number of ether oxygens (including phenoxy) is 1. The van der Waals surface area contributed by atoms with Crippen molar-refractivity contribution >= 4 is 17.1 Å². The fraction of sp³-hybridized carbons (Fsp3) is 0.500. The van der Waals surface area contributed by atoms with Gasteiger partial charge in [-0.1, -0.05) is 0 Å². The van der Waals surface area contributed by atoms with Gasteiger partial charge in [-0.3, -0.25) is 4.79 Å². The number of Topliss-reactive ketones (excluding diaryl/α,β-unsaturated/α-hetero) is 1. The Morgan fingerprint density at radius 2 is 2.46 bits per heavy atom. The van der Waals surface area contributed by atoms with E-state index >= 15 is 0 Å². The van der Waals surface area contributed by atoms with E-state index in [0.717, 1.165) is 12.0 Å². The van der Waals surface area contributed by atoms with Gasteiger partial charge in [-0.15, -0.1) is 11.3 Å². The van der Waals surface area contributed by atoms with E-state index in [0.29, 0.717) is 18.9 Å². The zero-order valence-corrected chi connectivity index (χ0v) is 8.39. The highest BCUT2D eigenvalue weighted by atomic mass is 32.1. The molecule has 1 aromatic heterocycles. The molecule has 0 bridgehead atoms. The molecule has 13 heavy (non-hydrogen) atoms. The molecule has 0 radical (unpaired) electrons. The van der Waals surface area contributed by atoms with E-state index in [9.17, 15) is 4.79 Å². The molecule has 0 aromatic carbocycles. The van der Waals surface area contributed by atoms with E-state index in [2.05, 4.69) is 0 Å². The normalized spacial score (nSPS) is 21.6. The number of carbonyl (C=O) groups is 1. The molecule has 0 saturated carbocycles. The highest BCUT2D eigenvalue weighted by molar-refractivity contribution is 7.10. The van der Waals surface area contributed by atoms with Gasteiger partial charge in [-0.25, -0.2) is 0 Å². The summed E-state index contributed by atoms with van der Waals surface area (Å²) in [6.07, 6.45) is 1.66. The van der Waals surface area contributed by atoms with Crippen molar-refractivity contribution in [1.29, 1.82) is 0 Å². The van der Waals surface area contributed by atoms with Crippen molar-refractivity contribution in [3.05, 3.63) is 21.9 Å². The van der Waals surface area contributed by atoms with Gasteiger partial charge in [0.05, 0.1) is 0 Å². The predicted molar refractivity (Wildman–Crippen MR) is 52.3 cm³/mol. The third kappa shape index (κ3) is 1.67. The van der Waals surface area contributed by atoms with Gasteiger partial charge in [0.1, 0.15) is 0 Å². The molecule has 1 aliphatic carbocycles. The van der Waals surface area contributed by atoms with Crippen LogP contribution in [0.1, 0.15) is 21.7 Å². The Hall–Kier alpha value is -0.670. The van der Waals surface area contributed by atoms with E-state index in [1.807, 2.05) is 11.4 Å². The average Bonchev–Trinajstić information content (AvgIpc) is 2.53. The molecule has 0 spiro atoms. The van der Waals surface area contributed by atoms with Crippen LogP contribution in [0, 0.1) is 5.92 Å². The molecule has 1 unspecified atom stereocenters. The first-order valence-electron chi connectivity index (χ1n) is 4.39. The van der Waals surface area contributed by atoms with Crippen LogP contribution in [0.5, 0.6) is 0 Å². The van der Waals surface area contributed by atoms with E-state index in [4.69, 9.17) is 4.74 Å². The second-order valence-electron chi connectivity index (χ2n) is 3.41. The van der Waals surface area contributed by atoms with E-state index in [1.165, 1.54) is 4.88 Å². The molecule has 1 heterocycles. The summed E-state index contributed by atoms with van der Waals surface area (Å²) in [7, 11) is 1.69. The molecule has 2 rings (SSSR count). The van der Waals surface area contributed by atoms with Crippen molar-refractivity contribution in [2.75, 3.05) is 13.7 Å². The summed E-state index contributed by atoms with van der Waals surface area (Å²) in [5.74, 6) is 0.674. The SMILES string of the molecule is COCC1CC(=O)c2ccsc2C1. The molecule has 0 saturated heterocycles. The lowest BCUT2D eigenvalue weighted by Gasteiger charge is -2.19. The zero-order valence-electron chi connectivity index (χ0n) is 7.58. The van der Waals surface area contributed by atoms with Crippen molar-refractivity contribution in [3.63, 3.8) is 0 Å². The number of carbonyl (C=O) groups excluding carboxylic acids is 1. The summed E-state index contributed by atoms with van der Waals surface area (Å²) in [5, 5.41) is 2.00. The summed E-state index contributed by atoms with van der Waals surface area (Å²) in [6.45, 7) is 0.698. The van der Waals surface area contributed by atoms with Gasteiger partial charge in [0, 0.05) is 30.6 Å². The van der Waals surface area contributed by atoms with E-state index in [1.54, 1.807) is 18.4 Å². The monoisotopic (exact) mass is 196 g/mol. The number of ketones is 1. The minimum atomic E-state index is 0.282. The first-order chi connectivity index (χ1) is 6.31. The molecule has 0 aliphatic heterocycles. The van der Waals surface area contributed by atoms with Gasteiger partial charge < -0.3 is 4.74 Å². The maximum atomic E-state index is 11.6.